The maximum Gasteiger partial charge on any atom is 0.347 e. The number of esters is 1. The van der Waals surface area contributed by atoms with E-state index >= 15 is 0 Å². The zero-order valence-electron chi connectivity index (χ0n) is 18.4. The number of hydrogen-bond donors (Lipinski definition) is 0. The first kappa shape index (κ1) is 21.7. The van der Waals surface area contributed by atoms with Gasteiger partial charge in [0.05, 0.1) is 17.6 Å². The predicted molar refractivity (Wildman–Crippen MR) is 120 cm³/mol. The summed E-state index contributed by atoms with van der Waals surface area (Å²) in [5.41, 5.74) is 2.21. The predicted octanol–water partition coefficient (Wildman–Crippen LogP) is 4.51. The first-order valence-electron chi connectivity index (χ1n) is 10.8. The number of rotatable bonds is 7. The van der Waals surface area contributed by atoms with Crippen LogP contribution >= 0.6 is 0 Å². The van der Waals surface area contributed by atoms with E-state index in [1.165, 1.54) is 6.26 Å². The Morgan fingerprint density at radius 3 is 2.62 bits per heavy atom. The Morgan fingerprint density at radius 1 is 1.09 bits per heavy atom. The van der Waals surface area contributed by atoms with Crippen molar-refractivity contribution < 1.29 is 28.2 Å². The van der Waals surface area contributed by atoms with Crippen molar-refractivity contribution in [3.8, 4) is 28.4 Å². The molecule has 4 rings (SSSR count). The van der Waals surface area contributed by atoms with Crippen LogP contribution in [-0.4, -0.2) is 31.9 Å². The molecule has 0 saturated heterocycles. The summed E-state index contributed by atoms with van der Waals surface area (Å²) in [6.45, 7) is 6.68. The van der Waals surface area contributed by atoms with E-state index in [-0.39, 0.29) is 12.0 Å². The number of hydrogen-bond acceptors (Lipinski definition) is 7. The van der Waals surface area contributed by atoms with E-state index in [1.807, 2.05) is 13.0 Å². The van der Waals surface area contributed by atoms with Crippen LogP contribution in [0.2, 0.25) is 0 Å². The fourth-order valence-electron chi connectivity index (χ4n) is 3.68. The highest BCUT2D eigenvalue weighted by Gasteiger charge is 2.20. The second-order valence-electron chi connectivity index (χ2n) is 7.56. The first-order valence-corrected chi connectivity index (χ1v) is 10.8. The average Bonchev–Trinajstić information content (AvgIpc) is 2.80. The zero-order chi connectivity index (χ0) is 22.7. The molecule has 2 aromatic carbocycles. The quantitative estimate of drug-likeness (QED) is 0.502. The maximum absolute atomic E-state index is 13.3. The minimum atomic E-state index is -0.772. The Morgan fingerprint density at radius 2 is 1.88 bits per heavy atom. The monoisotopic (exact) mass is 438 g/mol. The van der Waals surface area contributed by atoms with Crippen LogP contribution in [0.3, 0.4) is 0 Å². The second-order valence-corrected chi connectivity index (χ2v) is 7.56. The van der Waals surface area contributed by atoms with Gasteiger partial charge in [0.1, 0.15) is 30.8 Å². The molecule has 0 N–H and O–H groups in total. The minimum absolute atomic E-state index is 0.148. The van der Waals surface area contributed by atoms with Crippen LogP contribution < -0.4 is 19.6 Å². The van der Waals surface area contributed by atoms with Crippen LogP contribution in [0.25, 0.3) is 22.1 Å². The van der Waals surface area contributed by atoms with Crippen molar-refractivity contribution in [2.24, 2.45) is 0 Å². The van der Waals surface area contributed by atoms with Gasteiger partial charge in [-0.2, -0.15) is 0 Å². The molecule has 1 atom stereocenters. The SMILES string of the molecule is CCCc1cc2c(=O)c(-c3ccc4c(c3)OCCO4)coc2cc1OC(C)C(=O)OCC. The van der Waals surface area contributed by atoms with Crippen LogP contribution in [0.5, 0.6) is 17.2 Å². The number of carbonyl (C=O) groups excluding carboxylic acids is 1. The summed E-state index contributed by atoms with van der Waals surface area (Å²) in [6, 6.07) is 8.86. The molecule has 1 unspecified atom stereocenters. The lowest BCUT2D eigenvalue weighted by Crippen LogP contribution is -2.26. The Balaban J connectivity index is 1.74. The van der Waals surface area contributed by atoms with Crippen molar-refractivity contribution in [2.75, 3.05) is 19.8 Å². The van der Waals surface area contributed by atoms with Crippen molar-refractivity contribution in [3.63, 3.8) is 0 Å². The molecule has 168 valence electrons. The summed E-state index contributed by atoms with van der Waals surface area (Å²) in [6.07, 6.45) is 2.21. The van der Waals surface area contributed by atoms with Gasteiger partial charge >= 0.3 is 5.97 Å². The highest BCUT2D eigenvalue weighted by Crippen LogP contribution is 2.35. The van der Waals surface area contributed by atoms with Gasteiger partial charge in [-0.3, -0.25) is 4.79 Å². The third-order valence-electron chi connectivity index (χ3n) is 5.25. The molecule has 1 aromatic heterocycles. The molecule has 0 amide bonds. The third-order valence-corrected chi connectivity index (χ3v) is 5.25. The van der Waals surface area contributed by atoms with Gasteiger partial charge in [-0.15, -0.1) is 0 Å². The van der Waals surface area contributed by atoms with Gasteiger partial charge in [0.2, 0.25) is 5.43 Å². The fraction of sp³-hybridized carbons (Fsp3) is 0.360. The fourth-order valence-corrected chi connectivity index (χ4v) is 3.68. The summed E-state index contributed by atoms with van der Waals surface area (Å²) in [5, 5.41) is 0.456. The molecule has 0 fully saturated rings. The highest BCUT2D eigenvalue weighted by atomic mass is 16.6. The Labute approximate surface area is 185 Å². The molecule has 0 bridgehead atoms. The van der Waals surface area contributed by atoms with Crippen molar-refractivity contribution in [3.05, 3.63) is 52.4 Å². The van der Waals surface area contributed by atoms with E-state index in [0.717, 1.165) is 12.0 Å². The molecule has 0 saturated carbocycles. The minimum Gasteiger partial charge on any atom is -0.486 e. The lowest BCUT2D eigenvalue weighted by molar-refractivity contribution is -0.150. The van der Waals surface area contributed by atoms with Gasteiger partial charge in [-0.05, 0) is 49.6 Å². The lowest BCUT2D eigenvalue weighted by atomic mass is 10.0. The normalized spacial score (nSPS) is 13.6. The molecular weight excluding hydrogens is 412 g/mol. The summed E-state index contributed by atoms with van der Waals surface area (Å²) in [5.74, 6) is 1.34. The molecule has 7 heteroatoms. The van der Waals surface area contributed by atoms with Crippen LogP contribution in [0.1, 0.15) is 32.8 Å². The summed E-state index contributed by atoms with van der Waals surface area (Å²) in [7, 11) is 0. The van der Waals surface area contributed by atoms with Gasteiger partial charge < -0.3 is 23.4 Å². The van der Waals surface area contributed by atoms with E-state index in [4.69, 9.17) is 23.4 Å². The van der Waals surface area contributed by atoms with Crippen molar-refractivity contribution in [2.45, 2.75) is 39.7 Å². The zero-order valence-corrected chi connectivity index (χ0v) is 18.4. The van der Waals surface area contributed by atoms with E-state index in [1.54, 1.807) is 38.1 Å². The van der Waals surface area contributed by atoms with Gasteiger partial charge in [0.25, 0.3) is 0 Å². The first-order chi connectivity index (χ1) is 15.5. The number of carbonyl (C=O) groups is 1. The van der Waals surface area contributed by atoms with Crippen LogP contribution in [0, 0.1) is 0 Å². The summed E-state index contributed by atoms with van der Waals surface area (Å²) in [4.78, 5) is 25.3. The van der Waals surface area contributed by atoms with Gasteiger partial charge in [0, 0.05) is 6.07 Å². The highest BCUT2D eigenvalue weighted by molar-refractivity contribution is 5.84. The molecule has 3 aromatic rings. The van der Waals surface area contributed by atoms with Crippen molar-refractivity contribution in [1.82, 2.24) is 0 Å². The Hall–Kier alpha value is -3.48. The van der Waals surface area contributed by atoms with E-state index in [0.29, 0.717) is 59.0 Å². The largest absolute Gasteiger partial charge is 0.486 e. The number of aryl methyl sites for hydroxylation is 1. The molecule has 0 aliphatic carbocycles. The average molecular weight is 438 g/mol. The van der Waals surface area contributed by atoms with Crippen molar-refractivity contribution in [1.29, 1.82) is 0 Å². The molecule has 0 spiro atoms. The maximum atomic E-state index is 13.3. The van der Waals surface area contributed by atoms with E-state index < -0.39 is 12.1 Å². The van der Waals surface area contributed by atoms with Crippen LogP contribution in [-0.2, 0) is 16.0 Å². The van der Waals surface area contributed by atoms with Crippen LogP contribution in [0.15, 0.2) is 45.8 Å². The smallest absolute Gasteiger partial charge is 0.347 e. The Kier molecular flexibility index (Phi) is 6.35. The van der Waals surface area contributed by atoms with E-state index in [2.05, 4.69) is 0 Å². The molecular formula is C25H26O7. The van der Waals surface area contributed by atoms with Gasteiger partial charge in [-0.25, -0.2) is 4.79 Å². The topological polar surface area (TPSA) is 84.2 Å². The van der Waals surface area contributed by atoms with Crippen molar-refractivity contribution >= 4 is 16.9 Å². The number of ether oxygens (including phenoxy) is 4. The molecule has 32 heavy (non-hydrogen) atoms. The number of benzene rings is 2. The third kappa shape index (κ3) is 4.28. The molecule has 7 nitrogen and oxygen atoms in total. The summed E-state index contributed by atoms with van der Waals surface area (Å²) < 4.78 is 27.9. The molecule has 1 aliphatic rings. The van der Waals surface area contributed by atoms with Crippen LogP contribution in [0.4, 0.5) is 0 Å². The van der Waals surface area contributed by atoms with Gasteiger partial charge in [-0.1, -0.05) is 19.4 Å². The molecule has 2 heterocycles. The lowest BCUT2D eigenvalue weighted by Gasteiger charge is -2.19. The molecule has 0 radical (unpaired) electrons. The number of fused-ring (bicyclic) bond motifs is 2. The van der Waals surface area contributed by atoms with E-state index in [9.17, 15) is 9.59 Å². The second kappa shape index (κ2) is 9.34. The summed E-state index contributed by atoms with van der Waals surface area (Å²) >= 11 is 0. The molecule has 1 aliphatic heterocycles. The van der Waals surface area contributed by atoms with Gasteiger partial charge in [0.15, 0.2) is 17.6 Å². The Bertz CT molecular complexity index is 1190. The standard InChI is InChI=1S/C25H26O7/c1-4-6-17-11-18-22(13-21(17)32-15(3)25(27)28-5-2)31-14-19(24(18)26)16-7-8-20-23(12-16)30-10-9-29-20/h7-8,11-15H,4-6,9-10H2,1-3H3.